The number of rotatable bonds is 3. The Morgan fingerprint density at radius 3 is 2.11 bits per heavy atom. The average Bonchev–Trinajstić information content (AvgIpc) is 2.29. The predicted octanol–water partition coefficient (Wildman–Crippen LogP) is 3.21. The van der Waals surface area contributed by atoms with Crippen LogP contribution in [0.4, 0.5) is 0 Å². The number of benzene rings is 2. The molecule has 0 aliphatic rings. The van der Waals surface area contributed by atoms with E-state index < -0.39 is 9.84 Å². The maximum absolute atomic E-state index is 11.2. The molecule has 0 aliphatic carbocycles. The van der Waals surface area contributed by atoms with E-state index in [1.165, 1.54) is 17.4 Å². The van der Waals surface area contributed by atoms with E-state index >= 15 is 0 Å². The molecule has 2 aromatic carbocycles. The van der Waals surface area contributed by atoms with Crippen molar-refractivity contribution in [3.8, 4) is 11.1 Å². The van der Waals surface area contributed by atoms with Gasteiger partial charge in [-0.3, -0.25) is 0 Å². The summed E-state index contributed by atoms with van der Waals surface area (Å²) in [4.78, 5) is 0. The normalized spacial score (nSPS) is 11.4. The fourth-order valence-corrected chi connectivity index (χ4v) is 2.78. The maximum atomic E-state index is 11.2. The summed E-state index contributed by atoms with van der Waals surface area (Å²) in [6.45, 7) is 2.07. The first kappa shape index (κ1) is 12.8. The van der Waals surface area contributed by atoms with Crippen molar-refractivity contribution in [1.82, 2.24) is 0 Å². The summed E-state index contributed by atoms with van der Waals surface area (Å²) in [6, 6.07) is 15.9. The minimum atomic E-state index is -2.96. The van der Waals surface area contributed by atoms with E-state index in [-0.39, 0.29) is 5.75 Å². The SMILES string of the molecule is Cc1ccccc1-c1ccc(CS(C)(=O)=O)cc1. The maximum Gasteiger partial charge on any atom is 0.151 e. The summed E-state index contributed by atoms with van der Waals surface area (Å²) < 4.78 is 22.4. The molecule has 0 aliphatic heterocycles. The van der Waals surface area contributed by atoms with Gasteiger partial charge in [-0.05, 0) is 29.2 Å². The predicted molar refractivity (Wildman–Crippen MR) is 75.2 cm³/mol. The van der Waals surface area contributed by atoms with Gasteiger partial charge >= 0.3 is 0 Å². The second-order valence-corrected chi connectivity index (χ2v) is 6.72. The molecule has 2 rings (SSSR count). The second-order valence-electron chi connectivity index (χ2n) is 4.58. The first-order valence-electron chi connectivity index (χ1n) is 5.78. The van der Waals surface area contributed by atoms with Gasteiger partial charge in [-0.15, -0.1) is 0 Å². The standard InChI is InChI=1S/C15H16O2S/c1-12-5-3-4-6-15(12)14-9-7-13(8-10-14)11-18(2,16)17/h3-10H,11H2,1-2H3. The van der Waals surface area contributed by atoms with Crippen molar-refractivity contribution in [3.63, 3.8) is 0 Å². The van der Waals surface area contributed by atoms with Gasteiger partial charge in [-0.25, -0.2) is 8.42 Å². The molecular weight excluding hydrogens is 244 g/mol. The van der Waals surface area contributed by atoms with E-state index in [2.05, 4.69) is 19.1 Å². The van der Waals surface area contributed by atoms with Gasteiger partial charge in [0.1, 0.15) is 0 Å². The fraction of sp³-hybridized carbons (Fsp3) is 0.200. The van der Waals surface area contributed by atoms with Crippen molar-refractivity contribution >= 4 is 9.84 Å². The molecule has 0 N–H and O–H groups in total. The fourth-order valence-electron chi connectivity index (χ4n) is 1.98. The molecule has 94 valence electrons. The average molecular weight is 260 g/mol. The summed E-state index contributed by atoms with van der Waals surface area (Å²) in [7, 11) is -2.96. The van der Waals surface area contributed by atoms with Crippen LogP contribution in [0.5, 0.6) is 0 Å². The Morgan fingerprint density at radius 1 is 0.944 bits per heavy atom. The molecular formula is C15H16O2S. The van der Waals surface area contributed by atoms with Crippen LogP contribution in [0.1, 0.15) is 11.1 Å². The monoisotopic (exact) mass is 260 g/mol. The van der Waals surface area contributed by atoms with Gasteiger partial charge < -0.3 is 0 Å². The zero-order chi connectivity index (χ0) is 13.2. The third-order valence-corrected chi connectivity index (χ3v) is 3.70. The third-order valence-electron chi connectivity index (χ3n) is 2.84. The number of hydrogen-bond donors (Lipinski definition) is 0. The molecule has 0 aromatic heterocycles. The molecule has 3 heteroatoms. The summed E-state index contributed by atoms with van der Waals surface area (Å²) >= 11 is 0. The molecule has 2 aromatic rings. The largest absolute Gasteiger partial charge is 0.229 e. The Labute approximate surface area is 108 Å². The lowest BCUT2D eigenvalue weighted by Gasteiger charge is -2.06. The highest BCUT2D eigenvalue weighted by Crippen LogP contribution is 2.23. The number of sulfone groups is 1. The van der Waals surface area contributed by atoms with E-state index in [9.17, 15) is 8.42 Å². The number of hydrogen-bond acceptors (Lipinski definition) is 2. The minimum absolute atomic E-state index is 0.0983. The van der Waals surface area contributed by atoms with Crippen LogP contribution in [-0.2, 0) is 15.6 Å². The lowest BCUT2D eigenvalue weighted by molar-refractivity contribution is 0.601. The van der Waals surface area contributed by atoms with Crippen molar-refractivity contribution in [1.29, 1.82) is 0 Å². The van der Waals surface area contributed by atoms with Crippen molar-refractivity contribution in [2.45, 2.75) is 12.7 Å². The molecule has 0 unspecified atom stereocenters. The van der Waals surface area contributed by atoms with Gasteiger partial charge in [0.15, 0.2) is 9.84 Å². The van der Waals surface area contributed by atoms with Crippen LogP contribution < -0.4 is 0 Å². The third kappa shape index (κ3) is 3.20. The molecule has 0 radical (unpaired) electrons. The quantitative estimate of drug-likeness (QED) is 0.849. The van der Waals surface area contributed by atoms with E-state index in [0.717, 1.165) is 11.1 Å². The number of aryl methyl sites for hydroxylation is 1. The van der Waals surface area contributed by atoms with Crippen molar-refractivity contribution in [2.24, 2.45) is 0 Å². The van der Waals surface area contributed by atoms with Gasteiger partial charge in [0.2, 0.25) is 0 Å². The lowest BCUT2D eigenvalue weighted by Crippen LogP contribution is -2.00. The molecule has 0 spiro atoms. The van der Waals surface area contributed by atoms with Crippen LogP contribution in [0.15, 0.2) is 48.5 Å². The summed E-state index contributed by atoms with van der Waals surface area (Å²) in [6.07, 6.45) is 1.25. The van der Waals surface area contributed by atoms with Crippen LogP contribution in [-0.4, -0.2) is 14.7 Å². The van der Waals surface area contributed by atoms with Gasteiger partial charge in [0, 0.05) is 6.26 Å². The van der Waals surface area contributed by atoms with Crippen molar-refractivity contribution in [3.05, 3.63) is 59.7 Å². The zero-order valence-electron chi connectivity index (χ0n) is 10.6. The molecule has 0 saturated carbocycles. The Kier molecular flexibility index (Phi) is 3.53. The highest BCUT2D eigenvalue weighted by Gasteiger charge is 2.05. The van der Waals surface area contributed by atoms with Gasteiger partial charge in [-0.2, -0.15) is 0 Å². The zero-order valence-corrected chi connectivity index (χ0v) is 11.4. The molecule has 0 fully saturated rings. The Hall–Kier alpha value is -1.61. The van der Waals surface area contributed by atoms with Crippen LogP contribution in [0.3, 0.4) is 0 Å². The van der Waals surface area contributed by atoms with Crippen LogP contribution in [0.25, 0.3) is 11.1 Å². The molecule has 0 saturated heterocycles. The van der Waals surface area contributed by atoms with Gasteiger partial charge in [0.25, 0.3) is 0 Å². The van der Waals surface area contributed by atoms with E-state index in [0.29, 0.717) is 0 Å². The van der Waals surface area contributed by atoms with Gasteiger partial charge in [-0.1, -0.05) is 48.5 Å². The topological polar surface area (TPSA) is 34.1 Å². The highest BCUT2D eigenvalue weighted by molar-refractivity contribution is 7.89. The Bertz CT molecular complexity index is 640. The summed E-state index contributed by atoms with van der Waals surface area (Å²) in [5.41, 5.74) is 4.34. The molecule has 0 heterocycles. The van der Waals surface area contributed by atoms with Crippen LogP contribution >= 0.6 is 0 Å². The van der Waals surface area contributed by atoms with Gasteiger partial charge in [0.05, 0.1) is 5.75 Å². The molecule has 18 heavy (non-hydrogen) atoms. The molecule has 0 atom stereocenters. The molecule has 0 amide bonds. The summed E-state index contributed by atoms with van der Waals surface area (Å²) in [5, 5.41) is 0. The summed E-state index contributed by atoms with van der Waals surface area (Å²) in [5.74, 6) is 0.0983. The van der Waals surface area contributed by atoms with Crippen molar-refractivity contribution in [2.75, 3.05) is 6.26 Å². The molecule has 2 nitrogen and oxygen atoms in total. The van der Waals surface area contributed by atoms with Crippen molar-refractivity contribution < 1.29 is 8.42 Å². The van der Waals surface area contributed by atoms with Crippen LogP contribution in [0.2, 0.25) is 0 Å². The Morgan fingerprint density at radius 2 is 1.56 bits per heavy atom. The highest BCUT2D eigenvalue weighted by atomic mass is 32.2. The molecule has 0 bridgehead atoms. The Balaban J connectivity index is 2.31. The first-order valence-corrected chi connectivity index (χ1v) is 7.84. The first-order chi connectivity index (χ1) is 8.46. The second kappa shape index (κ2) is 4.94. The smallest absolute Gasteiger partial charge is 0.151 e. The van der Waals surface area contributed by atoms with E-state index in [1.807, 2.05) is 36.4 Å². The minimum Gasteiger partial charge on any atom is -0.229 e. The van der Waals surface area contributed by atoms with E-state index in [4.69, 9.17) is 0 Å². The lowest BCUT2D eigenvalue weighted by atomic mass is 10.00. The van der Waals surface area contributed by atoms with E-state index in [1.54, 1.807) is 0 Å². The van der Waals surface area contributed by atoms with Crippen LogP contribution in [0, 0.1) is 6.92 Å².